The van der Waals surface area contributed by atoms with Crippen LogP contribution >= 0.6 is 0 Å². The van der Waals surface area contributed by atoms with Crippen molar-refractivity contribution in [2.75, 3.05) is 13.1 Å². The van der Waals surface area contributed by atoms with Gasteiger partial charge in [-0.05, 0) is 26.2 Å². The molecule has 0 aromatic rings. The quantitative estimate of drug-likeness (QED) is 0.432. The maximum atomic E-state index is 11.0. The summed E-state index contributed by atoms with van der Waals surface area (Å²) < 4.78 is 0. The van der Waals surface area contributed by atoms with Crippen LogP contribution in [0.2, 0.25) is 0 Å². The van der Waals surface area contributed by atoms with Crippen LogP contribution in [0.4, 0.5) is 0 Å². The largest absolute Gasteiger partial charge is 0.358 e. The number of carbonyl (C=O) groups is 1. The highest BCUT2D eigenvalue weighted by atomic mass is 16.1. The number of carbonyl (C=O) groups excluding carboxylic acids is 1. The first-order valence-corrected chi connectivity index (χ1v) is 4.41. The summed E-state index contributed by atoms with van der Waals surface area (Å²) in [5.41, 5.74) is 4.32. The summed E-state index contributed by atoms with van der Waals surface area (Å²) in [6, 6.07) is 0. The first kappa shape index (κ1) is 11.2. The molecule has 0 atom stereocenters. The number of nitrogens with one attached hydrogen (secondary N) is 1. The van der Waals surface area contributed by atoms with E-state index in [2.05, 4.69) is 17.6 Å². The summed E-state index contributed by atoms with van der Waals surface area (Å²) in [7, 11) is 0. The van der Waals surface area contributed by atoms with Gasteiger partial charge < -0.3 is 11.1 Å². The van der Waals surface area contributed by atoms with E-state index in [1.54, 1.807) is 6.92 Å². The lowest BCUT2D eigenvalue weighted by Gasteiger charge is -2.02. The van der Waals surface area contributed by atoms with Gasteiger partial charge in [-0.1, -0.05) is 6.58 Å². The van der Waals surface area contributed by atoms with Gasteiger partial charge in [0.15, 0.2) is 0 Å². The van der Waals surface area contributed by atoms with Crippen molar-refractivity contribution >= 4 is 5.91 Å². The Morgan fingerprint density at radius 1 is 1.42 bits per heavy atom. The van der Waals surface area contributed by atoms with Crippen molar-refractivity contribution in [3.8, 4) is 0 Å². The molecule has 0 unspecified atom stereocenters. The van der Waals surface area contributed by atoms with Crippen molar-refractivity contribution in [2.45, 2.75) is 26.2 Å². The van der Waals surface area contributed by atoms with Crippen molar-refractivity contribution < 1.29 is 10.5 Å². The smallest absolute Gasteiger partial charge is 0.246 e. The second kappa shape index (κ2) is 6.85. The molecule has 0 spiro atoms. The molecule has 0 heterocycles. The Hall–Kier alpha value is -0.830. The lowest BCUT2D eigenvalue weighted by molar-refractivity contribution is -0.368. The SMILES string of the molecule is C=C(C)C(=O)NCCCCC[NH3+]. The van der Waals surface area contributed by atoms with Crippen molar-refractivity contribution in [1.29, 1.82) is 0 Å². The predicted octanol–water partition coefficient (Wildman–Crippen LogP) is 0.0909. The van der Waals surface area contributed by atoms with Crippen molar-refractivity contribution in [2.24, 2.45) is 0 Å². The van der Waals surface area contributed by atoms with Crippen LogP contribution in [-0.4, -0.2) is 19.0 Å². The van der Waals surface area contributed by atoms with Gasteiger partial charge in [-0.2, -0.15) is 0 Å². The van der Waals surface area contributed by atoms with E-state index >= 15 is 0 Å². The third-order valence-corrected chi connectivity index (χ3v) is 1.60. The maximum absolute atomic E-state index is 11.0. The molecule has 12 heavy (non-hydrogen) atoms. The fourth-order valence-electron chi connectivity index (χ4n) is 0.831. The third kappa shape index (κ3) is 5.92. The number of hydrogen-bond donors (Lipinski definition) is 2. The Balaban J connectivity index is 3.20. The second-order valence-corrected chi connectivity index (χ2v) is 2.95. The molecule has 70 valence electrons. The van der Waals surface area contributed by atoms with Gasteiger partial charge in [-0.25, -0.2) is 0 Å². The standard InChI is InChI=1S/C9H18N2O/c1-8(2)9(12)11-7-5-3-4-6-10/h1,3-7,10H2,2H3,(H,11,12)/p+1. The highest BCUT2D eigenvalue weighted by Gasteiger charge is 1.98. The second-order valence-electron chi connectivity index (χ2n) is 2.95. The summed E-state index contributed by atoms with van der Waals surface area (Å²) >= 11 is 0. The zero-order valence-corrected chi connectivity index (χ0v) is 7.86. The first-order valence-electron chi connectivity index (χ1n) is 4.41. The Morgan fingerprint density at radius 3 is 2.58 bits per heavy atom. The Labute approximate surface area is 74.0 Å². The summed E-state index contributed by atoms with van der Waals surface area (Å²) in [4.78, 5) is 11.0. The van der Waals surface area contributed by atoms with Gasteiger partial charge in [0.1, 0.15) is 0 Å². The van der Waals surface area contributed by atoms with Gasteiger partial charge in [-0.3, -0.25) is 4.79 Å². The lowest BCUT2D eigenvalue weighted by atomic mass is 10.2. The van der Waals surface area contributed by atoms with Crippen LogP contribution in [0.1, 0.15) is 26.2 Å². The molecule has 0 aliphatic carbocycles. The molecule has 0 radical (unpaired) electrons. The molecule has 0 saturated carbocycles. The molecule has 0 aromatic heterocycles. The van der Waals surface area contributed by atoms with E-state index in [1.807, 2.05) is 0 Å². The van der Waals surface area contributed by atoms with E-state index in [9.17, 15) is 4.79 Å². The number of rotatable bonds is 6. The minimum Gasteiger partial charge on any atom is -0.358 e. The minimum absolute atomic E-state index is 0.0374. The molecular weight excluding hydrogens is 152 g/mol. The molecule has 0 fully saturated rings. The van der Waals surface area contributed by atoms with Gasteiger partial charge >= 0.3 is 0 Å². The van der Waals surface area contributed by atoms with Crippen LogP contribution in [0.3, 0.4) is 0 Å². The summed E-state index contributed by atoms with van der Waals surface area (Å²) in [6.07, 6.45) is 3.32. The van der Waals surface area contributed by atoms with Crippen LogP contribution in [0.5, 0.6) is 0 Å². The van der Waals surface area contributed by atoms with Gasteiger partial charge in [0.25, 0.3) is 0 Å². The van der Waals surface area contributed by atoms with Crippen molar-refractivity contribution in [3.63, 3.8) is 0 Å². The topological polar surface area (TPSA) is 56.7 Å². The zero-order valence-electron chi connectivity index (χ0n) is 7.86. The van der Waals surface area contributed by atoms with Crippen LogP contribution in [0.25, 0.3) is 0 Å². The van der Waals surface area contributed by atoms with Crippen molar-refractivity contribution in [3.05, 3.63) is 12.2 Å². The molecular formula is C9H19N2O+. The summed E-state index contributed by atoms with van der Waals surface area (Å²) in [5.74, 6) is -0.0374. The summed E-state index contributed by atoms with van der Waals surface area (Å²) in [6.45, 7) is 7.00. The van der Waals surface area contributed by atoms with Gasteiger partial charge in [0.05, 0.1) is 6.54 Å². The molecule has 0 aliphatic rings. The molecule has 3 heteroatoms. The monoisotopic (exact) mass is 171 g/mol. The van der Waals surface area contributed by atoms with E-state index in [0.717, 1.165) is 32.4 Å². The van der Waals surface area contributed by atoms with Crippen LogP contribution in [-0.2, 0) is 4.79 Å². The van der Waals surface area contributed by atoms with E-state index < -0.39 is 0 Å². The van der Waals surface area contributed by atoms with Gasteiger partial charge in [0, 0.05) is 12.1 Å². The van der Waals surface area contributed by atoms with Crippen LogP contribution in [0, 0.1) is 0 Å². The predicted molar refractivity (Wildman–Crippen MR) is 49.4 cm³/mol. The molecule has 0 bridgehead atoms. The highest BCUT2D eigenvalue weighted by Crippen LogP contribution is 1.92. The fraction of sp³-hybridized carbons (Fsp3) is 0.667. The van der Waals surface area contributed by atoms with E-state index in [1.165, 1.54) is 0 Å². The van der Waals surface area contributed by atoms with E-state index in [0.29, 0.717) is 5.57 Å². The Kier molecular flexibility index (Phi) is 6.38. The molecule has 4 N–H and O–H groups in total. The average Bonchev–Trinajstić information content (AvgIpc) is 2.03. The minimum atomic E-state index is -0.0374. The van der Waals surface area contributed by atoms with Crippen molar-refractivity contribution in [1.82, 2.24) is 5.32 Å². The van der Waals surface area contributed by atoms with Gasteiger partial charge in [0.2, 0.25) is 5.91 Å². The van der Waals surface area contributed by atoms with Crippen LogP contribution in [0.15, 0.2) is 12.2 Å². The van der Waals surface area contributed by atoms with E-state index in [-0.39, 0.29) is 5.91 Å². The first-order chi connectivity index (χ1) is 5.68. The number of amides is 1. The summed E-state index contributed by atoms with van der Waals surface area (Å²) in [5, 5.41) is 2.78. The normalized spacial score (nSPS) is 9.50. The number of unbranched alkanes of at least 4 members (excludes halogenated alkanes) is 2. The highest BCUT2D eigenvalue weighted by molar-refractivity contribution is 5.91. The zero-order chi connectivity index (χ0) is 9.40. The lowest BCUT2D eigenvalue weighted by Crippen LogP contribution is -2.50. The molecule has 0 rings (SSSR count). The third-order valence-electron chi connectivity index (χ3n) is 1.60. The molecule has 0 saturated heterocycles. The average molecular weight is 171 g/mol. The van der Waals surface area contributed by atoms with Gasteiger partial charge in [-0.15, -0.1) is 0 Å². The Bertz CT molecular complexity index is 155. The molecule has 3 nitrogen and oxygen atoms in total. The van der Waals surface area contributed by atoms with Crippen LogP contribution < -0.4 is 11.1 Å². The Morgan fingerprint density at radius 2 is 2.08 bits per heavy atom. The number of hydrogen-bond acceptors (Lipinski definition) is 1. The van der Waals surface area contributed by atoms with E-state index in [4.69, 9.17) is 0 Å². The number of quaternary nitrogens is 1. The molecule has 1 amide bonds. The molecule has 0 aromatic carbocycles. The molecule has 0 aliphatic heterocycles. The maximum Gasteiger partial charge on any atom is 0.246 e. The fourth-order valence-corrected chi connectivity index (χ4v) is 0.831.